The second-order valence-corrected chi connectivity index (χ2v) is 4.36. The van der Waals surface area contributed by atoms with Gasteiger partial charge in [-0.15, -0.1) is 0 Å². The molecule has 0 heterocycles. The zero-order chi connectivity index (χ0) is 13.2. The first-order valence-corrected chi connectivity index (χ1v) is 6.84. The van der Waals surface area contributed by atoms with E-state index in [-0.39, 0.29) is 6.03 Å². The van der Waals surface area contributed by atoms with Gasteiger partial charge < -0.3 is 10.2 Å². The summed E-state index contributed by atoms with van der Waals surface area (Å²) in [7, 11) is 0. The molecule has 0 radical (unpaired) electrons. The summed E-state index contributed by atoms with van der Waals surface area (Å²) in [5.41, 5.74) is 1.37. The standard InChI is InChI=1S/C15H24N2O/c1-3-16-15(18)17(4-2)13-9-8-12-14-10-6-5-7-11-14/h5-7,10-11H,3-4,8-9,12-13H2,1-2H3,(H,16,18). The molecule has 0 spiro atoms. The summed E-state index contributed by atoms with van der Waals surface area (Å²) < 4.78 is 0. The highest BCUT2D eigenvalue weighted by atomic mass is 16.2. The van der Waals surface area contributed by atoms with Crippen LogP contribution in [0.25, 0.3) is 0 Å². The van der Waals surface area contributed by atoms with Crippen LogP contribution < -0.4 is 5.32 Å². The number of rotatable bonds is 7. The number of urea groups is 1. The lowest BCUT2D eigenvalue weighted by Crippen LogP contribution is -2.40. The van der Waals surface area contributed by atoms with Crippen molar-refractivity contribution in [2.45, 2.75) is 33.1 Å². The van der Waals surface area contributed by atoms with E-state index in [0.717, 1.165) is 32.4 Å². The van der Waals surface area contributed by atoms with Gasteiger partial charge in [0.1, 0.15) is 0 Å². The molecule has 0 aromatic heterocycles. The Morgan fingerprint density at radius 1 is 1.17 bits per heavy atom. The number of hydrogen-bond acceptors (Lipinski definition) is 1. The van der Waals surface area contributed by atoms with Crippen LogP contribution in [-0.4, -0.2) is 30.6 Å². The van der Waals surface area contributed by atoms with Crippen molar-refractivity contribution in [3.8, 4) is 0 Å². The fourth-order valence-electron chi connectivity index (χ4n) is 1.94. The van der Waals surface area contributed by atoms with Crippen LogP contribution in [0.15, 0.2) is 30.3 Å². The highest BCUT2D eigenvalue weighted by Crippen LogP contribution is 2.05. The number of aryl methyl sites for hydroxylation is 1. The maximum absolute atomic E-state index is 11.7. The lowest BCUT2D eigenvalue weighted by atomic mass is 10.1. The molecule has 3 nitrogen and oxygen atoms in total. The van der Waals surface area contributed by atoms with E-state index in [1.807, 2.05) is 24.8 Å². The largest absolute Gasteiger partial charge is 0.338 e. The predicted octanol–water partition coefficient (Wildman–Crippen LogP) is 3.06. The molecule has 3 heteroatoms. The number of nitrogens with zero attached hydrogens (tertiary/aromatic N) is 1. The summed E-state index contributed by atoms with van der Waals surface area (Å²) in [5, 5.41) is 2.84. The van der Waals surface area contributed by atoms with Gasteiger partial charge in [-0.1, -0.05) is 30.3 Å². The van der Waals surface area contributed by atoms with Crippen molar-refractivity contribution < 1.29 is 4.79 Å². The molecule has 1 aromatic carbocycles. The van der Waals surface area contributed by atoms with Gasteiger partial charge in [-0.2, -0.15) is 0 Å². The molecule has 0 aliphatic heterocycles. The minimum atomic E-state index is 0.0553. The molecule has 100 valence electrons. The summed E-state index contributed by atoms with van der Waals surface area (Å²) >= 11 is 0. The van der Waals surface area contributed by atoms with Crippen molar-refractivity contribution in [2.75, 3.05) is 19.6 Å². The topological polar surface area (TPSA) is 32.3 Å². The zero-order valence-electron chi connectivity index (χ0n) is 11.5. The summed E-state index contributed by atoms with van der Waals surface area (Å²) in [6, 6.07) is 10.5. The van der Waals surface area contributed by atoms with Crippen LogP contribution in [0, 0.1) is 0 Å². The molecule has 1 aromatic rings. The number of carbonyl (C=O) groups is 1. The van der Waals surface area contributed by atoms with E-state index < -0.39 is 0 Å². The second-order valence-electron chi connectivity index (χ2n) is 4.36. The Bertz CT molecular complexity index is 338. The molecule has 18 heavy (non-hydrogen) atoms. The van der Waals surface area contributed by atoms with Crippen molar-refractivity contribution in [1.82, 2.24) is 10.2 Å². The van der Waals surface area contributed by atoms with E-state index in [0.29, 0.717) is 6.54 Å². The Kier molecular flexibility index (Phi) is 6.92. The first-order chi connectivity index (χ1) is 8.77. The normalized spacial score (nSPS) is 10.1. The van der Waals surface area contributed by atoms with Gasteiger partial charge in [0.15, 0.2) is 0 Å². The van der Waals surface area contributed by atoms with Gasteiger partial charge in [0.2, 0.25) is 0 Å². The van der Waals surface area contributed by atoms with Gasteiger partial charge >= 0.3 is 6.03 Å². The number of benzene rings is 1. The predicted molar refractivity (Wildman–Crippen MR) is 75.7 cm³/mol. The highest BCUT2D eigenvalue weighted by Gasteiger charge is 2.08. The van der Waals surface area contributed by atoms with Crippen LogP contribution >= 0.6 is 0 Å². The lowest BCUT2D eigenvalue weighted by molar-refractivity contribution is 0.200. The molecule has 0 unspecified atom stereocenters. The molecule has 0 saturated heterocycles. The first kappa shape index (κ1) is 14.6. The Labute approximate surface area is 110 Å². The third kappa shape index (κ3) is 5.21. The molecule has 0 aliphatic rings. The molecule has 1 rings (SSSR count). The minimum absolute atomic E-state index is 0.0553. The van der Waals surface area contributed by atoms with Gasteiger partial charge in [-0.25, -0.2) is 4.79 Å². The van der Waals surface area contributed by atoms with E-state index in [1.165, 1.54) is 5.56 Å². The smallest absolute Gasteiger partial charge is 0.317 e. The highest BCUT2D eigenvalue weighted by molar-refractivity contribution is 5.73. The van der Waals surface area contributed by atoms with Crippen LogP contribution in [0.3, 0.4) is 0 Å². The van der Waals surface area contributed by atoms with E-state index in [9.17, 15) is 4.79 Å². The number of nitrogens with one attached hydrogen (secondary N) is 1. The van der Waals surface area contributed by atoms with Crippen molar-refractivity contribution >= 4 is 6.03 Å². The van der Waals surface area contributed by atoms with Crippen LogP contribution in [0.1, 0.15) is 32.3 Å². The second kappa shape index (κ2) is 8.56. The Hall–Kier alpha value is -1.51. The van der Waals surface area contributed by atoms with Crippen LogP contribution in [-0.2, 0) is 6.42 Å². The lowest BCUT2D eigenvalue weighted by Gasteiger charge is -2.20. The first-order valence-electron chi connectivity index (χ1n) is 6.84. The van der Waals surface area contributed by atoms with Gasteiger partial charge in [-0.05, 0) is 38.7 Å². The molecular formula is C15H24N2O. The fourth-order valence-corrected chi connectivity index (χ4v) is 1.94. The molecular weight excluding hydrogens is 224 g/mol. The van der Waals surface area contributed by atoms with Crippen LogP contribution in [0.5, 0.6) is 0 Å². The van der Waals surface area contributed by atoms with Gasteiger partial charge in [0.05, 0.1) is 0 Å². The number of unbranched alkanes of at least 4 members (excludes halogenated alkanes) is 1. The summed E-state index contributed by atoms with van der Waals surface area (Å²) in [5.74, 6) is 0. The van der Waals surface area contributed by atoms with Crippen LogP contribution in [0.2, 0.25) is 0 Å². The van der Waals surface area contributed by atoms with E-state index in [4.69, 9.17) is 0 Å². The monoisotopic (exact) mass is 248 g/mol. The van der Waals surface area contributed by atoms with Crippen molar-refractivity contribution in [2.24, 2.45) is 0 Å². The van der Waals surface area contributed by atoms with Crippen molar-refractivity contribution in [3.05, 3.63) is 35.9 Å². The van der Waals surface area contributed by atoms with Crippen LogP contribution in [0.4, 0.5) is 4.79 Å². The minimum Gasteiger partial charge on any atom is -0.338 e. The molecule has 0 atom stereocenters. The third-order valence-electron chi connectivity index (χ3n) is 2.98. The Balaban J connectivity index is 2.21. The van der Waals surface area contributed by atoms with E-state index in [2.05, 4.69) is 29.6 Å². The third-order valence-corrected chi connectivity index (χ3v) is 2.98. The summed E-state index contributed by atoms with van der Waals surface area (Å²) in [6.45, 7) is 6.28. The Morgan fingerprint density at radius 2 is 1.89 bits per heavy atom. The maximum atomic E-state index is 11.7. The zero-order valence-corrected chi connectivity index (χ0v) is 11.5. The maximum Gasteiger partial charge on any atom is 0.317 e. The fraction of sp³-hybridized carbons (Fsp3) is 0.533. The molecule has 0 saturated carbocycles. The molecule has 0 fully saturated rings. The number of amides is 2. The van der Waals surface area contributed by atoms with Crippen molar-refractivity contribution in [1.29, 1.82) is 0 Å². The van der Waals surface area contributed by atoms with Crippen molar-refractivity contribution in [3.63, 3.8) is 0 Å². The van der Waals surface area contributed by atoms with Gasteiger partial charge in [0.25, 0.3) is 0 Å². The number of hydrogen-bond donors (Lipinski definition) is 1. The summed E-state index contributed by atoms with van der Waals surface area (Å²) in [4.78, 5) is 13.5. The number of carbonyl (C=O) groups excluding carboxylic acids is 1. The average molecular weight is 248 g/mol. The quantitative estimate of drug-likeness (QED) is 0.739. The van der Waals surface area contributed by atoms with Gasteiger partial charge in [-0.3, -0.25) is 0 Å². The molecule has 1 N–H and O–H groups in total. The van der Waals surface area contributed by atoms with E-state index >= 15 is 0 Å². The SMILES string of the molecule is CCNC(=O)N(CC)CCCCc1ccccc1. The van der Waals surface area contributed by atoms with Gasteiger partial charge in [0, 0.05) is 19.6 Å². The molecule has 0 aliphatic carbocycles. The molecule has 0 bridgehead atoms. The Morgan fingerprint density at radius 3 is 2.50 bits per heavy atom. The van der Waals surface area contributed by atoms with E-state index in [1.54, 1.807) is 0 Å². The average Bonchev–Trinajstić information content (AvgIpc) is 2.40. The summed E-state index contributed by atoms with van der Waals surface area (Å²) in [6.07, 6.45) is 3.27. The molecule has 2 amide bonds.